The van der Waals surface area contributed by atoms with Gasteiger partial charge in [0.05, 0.1) is 0 Å². The Morgan fingerprint density at radius 3 is 2.75 bits per heavy atom. The number of carbonyl (C=O) groups is 2. The fraction of sp³-hybridized carbons (Fsp3) is 0.222. The minimum Gasteiger partial charge on any atom is -0.484 e. The van der Waals surface area contributed by atoms with Crippen LogP contribution in [-0.4, -0.2) is 31.5 Å². The Bertz CT molecular complexity index is 746. The molecule has 0 aromatic heterocycles. The highest BCUT2D eigenvalue weighted by atomic mass is 19.1. The van der Waals surface area contributed by atoms with Gasteiger partial charge in [-0.3, -0.25) is 9.59 Å². The molecule has 1 unspecified atom stereocenters. The number of rotatable bonds is 5. The first-order chi connectivity index (χ1) is 11.6. The molecule has 0 spiro atoms. The van der Waals surface area contributed by atoms with Crippen LogP contribution in [0.3, 0.4) is 0 Å². The molecule has 0 radical (unpaired) electrons. The largest absolute Gasteiger partial charge is 0.484 e. The second-order valence-corrected chi connectivity index (χ2v) is 5.54. The van der Waals surface area contributed by atoms with Gasteiger partial charge >= 0.3 is 0 Å². The zero-order valence-corrected chi connectivity index (χ0v) is 12.9. The van der Waals surface area contributed by atoms with Crippen LogP contribution in [0.2, 0.25) is 0 Å². The van der Waals surface area contributed by atoms with Crippen molar-refractivity contribution in [2.45, 2.75) is 5.92 Å². The Morgan fingerprint density at radius 1 is 1.21 bits per heavy atom. The first-order valence-electron chi connectivity index (χ1n) is 7.65. The number of hydrogen-bond acceptors (Lipinski definition) is 3. The summed E-state index contributed by atoms with van der Waals surface area (Å²) in [5.74, 6) is -0.262. The molecule has 2 aromatic rings. The van der Waals surface area contributed by atoms with Crippen molar-refractivity contribution in [1.82, 2.24) is 10.6 Å². The molecule has 0 saturated heterocycles. The summed E-state index contributed by atoms with van der Waals surface area (Å²) in [6, 6.07) is 12.9. The summed E-state index contributed by atoms with van der Waals surface area (Å²) in [5, 5.41) is 5.62. The molecule has 2 aromatic carbocycles. The van der Waals surface area contributed by atoms with Crippen molar-refractivity contribution in [3.05, 3.63) is 65.5 Å². The van der Waals surface area contributed by atoms with Gasteiger partial charge in [-0.1, -0.05) is 18.2 Å². The third-order valence-corrected chi connectivity index (χ3v) is 3.88. The van der Waals surface area contributed by atoms with Crippen LogP contribution in [0.25, 0.3) is 0 Å². The van der Waals surface area contributed by atoms with E-state index in [0.29, 0.717) is 24.4 Å². The molecular weight excluding hydrogens is 311 g/mol. The van der Waals surface area contributed by atoms with Crippen molar-refractivity contribution in [2.24, 2.45) is 0 Å². The van der Waals surface area contributed by atoms with E-state index in [-0.39, 0.29) is 30.2 Å². The van der Waals surface area contributed by atoms with Crippen LogP contribution in [0.4, 0.5) is 4.39 Å². The van der Waals surface area contributed by atoms with Gasteiger partial charge in [0.15, 0.2) is 6.61 Å². The van der Waals surface area contributed by atoms with Crippen LogP contribution in [0.1, 0.15) is 21.8 Å². The number of ether oxygens (including phenoxy) is 1. The molecule has 5 nitrogen and oxygen atoms in total. The maximum Gasteiger partial charge on any atom is 0.257 e. The highest BCUT2D eigenvalue weighted by Gasteiger charge is 2.24. The smallest absolute Gasteiger partial charge is 0.257 e. The molecule has 0 fully saturated rings. The molecule has 0 bridgehead atoms. The number of benzene rings is 2. The van der Waals surface area contributed by atoms with E-state index in [1.54, 1.807) is 6.07 Å². The van der Waals surface area contributed by atoms with Crippen LogP contribution in [0.15, 0.2) is 48.5 Å². The summed E-state index contributed by atoms with van der Waals surface area (Å²) in [7, 11) is 0. The van der Waals surface area contributed by atoms with Crippen LogP contribution in [0, 0.1) is 5.82 Å². The number of hydrogen-bond donors (Lipinski definition) is 2. The van der Waals surface area contributed by atoms with Crippen molar-refractivity contribution < 1.29 is 18.7 Å². The van der Waals surface area contributed by atoms with Crippen LogP contribution < -0.4 is 15.4 Å². The fourth-order valence-corrected chi connectivity index (χ4v) is 2.63. The highest BCUT2D eigenvalue weighted by Crippen LogP contribution is 2.23. The molecule has 2 N–H and O–H groups in total. The summed E-state index contributed by atoms with van der Waals surface area (Å²) in [5.41, 5.74) is 1.58. The molecular formula is C18H17FN2O3. The molecule has 1 aliphatic rings. The van der Waals surface area contributed by atoms with E-state index in [1.807, 2.05) is 18.2 Å². The Hall–Kier alpha value is -2.89. The molecule has 0 saturated carbocycles. The lowest BCUT2D eigenvalue weighted by Crippen LogP contribution is -2.41. The minimum atomic E-state index is -0.357. The molecule has 3 rings (SSSR count). The SMILES string of the molecule is O=C(COc1ccc(F)cc1)NCC1CNC(=O)c2ccccc21. The zero-order chi connectivity index (χ0) is 16.9. The molecule has 1 aliphatic heterocycles. The monoisotopic (exact) mass is 328 g/mol. The molecule has 1 heterocycles. The summed E-state index contributed by atoms with van der Waals surface area (Å²) in [6.45, 7) is 0.740. The average Bonchev–Trinajstić information content (AvgIpc) is 2.61. The third-order valence-electron chi connectivity index (χ3n) is 3.88. The topological polar surface area (TPSA) is 67.4 Å². The van der Waals surface area contributed by atoms with E-state index in [0.717, 1.165) is 5.56 Å². The van der Waals surface area contributed by atoms with E-state index < -0.39 is 0 Å². The molecule has 6 heteroatoms. The second-order valence-electron chi connectivity index (χ2n) is 5.54. The molecule has 24 heavy (non-hydrogen) atoms. The van der Waals surface area contributed by atoms with Crippen molar-refractivity contribution in [3.63, 3.8) is 0 Å². The van der Waals surface area contributed by atoms with Gasteiger partial charge in [0.2, 0.25) is 0 Å². The van der Waals surface area contributed by atoms with E-state index >= 15 is 0 Å². The third kappa shape index (κ3) is 3.71. The van der Waals surface area contributed by atoms with Gasteiger partial charge in [0.25, 0.3) is 11.8 Å². The summed E-state index contributed by atoms with van der Waals surface area (Å²) in [6.07, 6.45) is 0. The lowest BCUT2D eigenvalue weighted by atomic mass is 9.90. The standard InChI is InChI=1S/C18H17FN2O3/c19-13-5-7-14(8-6-13)24-11-17(22)20-9-12-10-21-18(23)16-4-2-1-3-15(12)16/h1-8,12H,9-11H2,(H,20,22)(H,21,23). The van der Waals surface area contributed by atoms with Crippen molar-refractivity contribution in [1.29, 1.82) is 0 Å². The van der Waals surface area contributed by atoms with Gasteiger partial charge in [-0.25, -0.2) is 4.39 Å². The van der Waals surface area contributed by atoms with Gasteiger partial charge in [-0.05, 0) is 35.9 Å². The van der Waals surface area contributed by atoms with Gasteiger partial charge in [0.1, 0.15) is 11.6 Å². The number of carbonyl (C=O) groups excluding carboxylic acids is 2. The first kappa shape index (κ1) is 16.0. The second kappa shape index (κ2) is 7.12. The lowest BCUT2D eigenvalue weighted by molar-refractivity contribution is -0.123. The Kier molecular flexibility index (Phi) is 4.74. The quantitative estimate of drug-likeness (QED) is 0.880. The number of halogens is 1. The Balaban J connectivity index is 1.52. The summed E-state index contributed by atoms with van der Waals surface area (Å²) in [4.78, 5) is 23.7. The van der Waals surface area contributed by atoms with Crippen LogP contribution in [0.5, 0.6) is 5.75 Å². The molecule has 124 valence electrons. The van der Waals surface area contributed by atoms with E-state index in [9.17, 15) is 14.0 Å². The predicted molar refractivity (Wildman–Crippen MR) is 86.4 cm³/mol. The minimum absolute atomic E-state index is 0.0219. The van der Waals surface area contributed by atoms with E-state index in [1.165, 1.54) is 24.3 Å². The highest BCUT2D eigenvalue weighted by molar-refractivity contribution is 5.97. The Morgan fingerprint density at radius 2 is 1.96 bits per heavy atom. The fourth-order valence-electron chi connectivity index (χ4n) is 2.63. The van der Waals surface area contributed by atoms with Gasteiger partial charge in [-0.15, -0.1) is 0 Å². The van der Waals surface area contributed by atoms with Gasteiger partial charge in [0, 0.05) is 24.6 Å². The average molecular weight is 328 g/mol. The van der Waals surface area contributed by atoms with Crippen molar-refractivity contribution in [2.75, 3.05) is 19.7 Å². The van der Waals surface area contributed by atoms with E-state index in [2.05, 4.69) is 10.6 Å². The van der Waals surface area contributed by atoms with Gasteiger partial charge < -0.3 is 15.4 Å². The Labute approximate surface area is 138 Å². The zero-order valence-electron chi connectivity index (χ0n) is 12.9. The van der Waals surface area contributed by atoms with Gasteiger partial charge in [-0.2, -0.15) is 0 Å². The van der Waals surface area contributed by atoms with Crippen molar-refractivity contribution >= 4 is 11.8 Å². The lowest BCUT2D eigenvalue weighted by Gasteiger charge is -2.25. The molecule has 2 amide bonds. The predicted octanol–water partition coefficient (Wildman–Crippen LogP) is 1.85. The number of nitrogens with one attached hydrogen (secondary N) is 2. The van der Waals surface area contributed by atoms with Crippen molar-refractivity contribution in [3.8, 4) is 5.75 Å². The number of fused-ring (bicyclic) bond motifs is 1. The maximum atomic E-state index is 12.8. The van der Waals surface area contributed by atoms with Crippen LogP contribution >= 0.6 is 0 Å². The van der Waals surface area contributed by atoms with Crippen LogP contribution in [-0.2, 0) is 4.79 Å². The summed E-state index contributed by atoms with van der Waals surface area (Å²) >= 11 is 0. The first-order valence-corrected chi connectivity index (χ1v) is 7.65. The molecule has 0 aliphatic carbocycles. The van der Waals surface area contributed by atoms with E-state index in [4.69, 9.17) is 4.74 Å². The summed E-state index contributed by atoms with van der Waals surface area (Å²) < 4.78 is 18.1. The number of amides is 2. The maximum absolute atomic E-state index is 12.8. The normalized spacial score (nSPS) is 16.0. The molecule has 1 atom stereocenters.